The van der Waals surface area contributed by atoms with Gasteiger partial charge >= 0.3 is 0 Å². The molecule has 0 unspecified atom stereocenters. The maximum absolute atomic E-state index is 12.5. The molecule has 1 aliphatic rings. The van der Waals surface area contributed by atoms with Gasteiger partial charge in [0.05, 0.1) is 23.2 Å². The topological polar surface area (TPSA) is 72.3 Å². The highest BCUT2D eigenvalue weighted by Gasteiger charge is 2.31. The van der Waals surface area contributed by atoms with Crippen LogP contribution in [0, 0.1) is 13.8 Å². The van der Waals surface area contributed by atoms with Crippen molar-refractivity contribution in [3.8, 4) is 0 Å². The van der Waals surface area contributed by atoms with Crippen LogP contribution in [0.4, 0.5) is 0 Å². The second-order valence-corrected chi connectivity index (χ2v) is 10.0. The molecule has 1 aliphatic heterocycles. The molecule has 3 rings (SSSR count). The molecule has 2 aromatic rings. The Hall–Kier alpha value is -2.41. The lowest BCUT2D eigenvalue weighted by molar-refractivity contribution is -0.125. The van der Waals surface area contributed by atoms with Crippen LogP contribution in [0.5, 0.6) is 0 Å². The van der Waals surface area contributed by atoms with E-state index in [-0.39, 0.29) is 23.5 Å². The van der Waals surface area contributed by atoms with Crippen LogP contribution in [0.3, 0.4) is 0 Å². The fraction of sp³-hybridized carbons (Fsp3) is 0.455. The number of nitrogens with zero attached hydrogens (tertiary/aromatic N) is 3. The van der Waals surface area contributed by atoms with Crippen LogP contribution in [0.25, 0.3) is 6.08 Å². The van der Waals surface area contributed by atoms with Gasteiger partial charge in [0.1, 0.15) is 0 Å². The number of sulfone groups is 1. The first-order chi connectivity index (χ1) is 13.7. The summed E-state index contributed by atoms with van der Waals surface area (Å²) >= 11 is 0. The number of benzene rings is 1. The van der Waals surface area contributed by atoms with Crippen LogP contribution in [-0.4, -0.2) is 47.6 Å². The molecule has 2 heterocycles. The minimum absolute atomic E-state index is 0.0837. The van der Waals surface area contributed by atoms with Gasteiger partial charge in [0.2, 0.25) is 5.91 Å². The third kappa shape index (κ3) is 4.96. The van der Waals surface area contributed by atoms with Crippen LogP contribution in [-0.2, 0) is 27.6 Å². The van der Waals surface area contributed by atoms with Crippen molar-refractivity contribution >= 4 is 21.8 Å². The van der Waals surface area contributed by atoms with E-state index in [1.807, 2.05) is 36.7 Å². The number of carbonyl (C=O) groups excluding carboxylic acids is 1. The number of amides is 1. The highest BCUT2D eigenvalue weighted by atomic mass is 32.2. The summed E-state index contributed by atoms with van der Waals surface area (Å²) in [7, 11) is -1.21. The molecule has 0 bridgehead atoms. The Balaban J connectivity index is 1.69. The first-order valence-corrected chi connectivity index (χ1v) is 11.8. The highest BCUT2D eigenvalue weighted by Crippen LogP contribution is 2.27. The first kappa shape index (κ1) is 21.3. The summed E-state index contributed by atoms with van der Waals surface area (Å²) in [6.45, 7) is 6.41. The minimum Gasteiger partial charge on any atom is -0.338 e. The lowest BCUT2D eigenvalue weighted by Crippen LogP contribution is -2.24. The van der Waals surface area contributed by atoms with Crippen molar-refractivity contribution in [3.05, 3.63) is 58.4 Å². The fourth-order valence-corrected chi connectivity index (χ4v) is 5.42. The molecule has 0 saturated carbocycles. The summed E-state index contributed by atoms with van der Waals surface area (Å²) in [5, 5.41) is 4.58. The number of aryl methyl sites for hydroxylation is 2. The third-order valence-electron chi connectivity index (χ3n) is 5.61. The van der Waals surface area contributed by atoms with Gasteiger partial charge < -0.3 is 4.90 Å². The summed E-state index contributed by atoms with van der Waals surface area (Å²) in [6, 6.07) is 8.04. The lowest BCUT2D eigenvalue weighted by Gasteiger charge is -2.16. The molecule has 1 amide bonds. The zero-order valence-electron chi connectivity index (χ0n) is 17.6. The van der Waals surface area contributed by atoms with Crippen molar-refractivity contribution in [1.29, 1.82) is 0 Å². The molecule has 156 valence electrons. The molecule has 6 nitrogen and oxygen atoms in total. The van der Waals surface area contributed by atoms with Crippen molar-refractivity contribution in [2.75, 3.05) is 18.6 Å². The molecule has 1 atom stereocenters. The van der Waals surface area contributed by atoms with Crippen molar-refractivity contribution in [1.82, 2.24) is 14.7 Å². The van der Waals surface area contributed by atoms with E-state index in [4.69, 9.17) is 0 Å². The predicted molar refractivity (Wildman–Crippen MR) is 115 cm³/mol. The van der Waals surface area contributed by atoms with Crippen LogP contribution in [0.2, 0.25) is 0 Å². The molecule has 0 aliphatic carbocycles. The Kier molecular flexibility index (Phi) is 6.27. The average molecular weight is 416 g/mol. The number of carbonyl (C=O) groups is 1. The summed E-state index contributed by atoms with van der Waals surface area (Å²) < 4.78 is 25.4. The van der Waals surface area contributed by atoms with E-state index >= 15 is 0 Å². The molecular formula is C22H29N3O3S. The standard InChI is InChI=1S/C22H29N3O3S/c1-5-18-6-8-19(9-7-18)10-11-22(26)24(4)14-21-16(2)23-25(17(21)3)20-12-13-29(27,28)15-20/h6-11,20H,5,12-15H2,1-4H3/b11-10+/t20-/m0/s1. The molecule has 1 fully saturated rings. The van der Waals surface area contributed by atoms with Crippen molar-refractivity contribution in [2.45, 2.75) is 46.2 Å². The summed E-state index contributed by atoms with van der Waals surface area (Å²) in [5.74, 6) is 0.274. The van der Waals surface area contributed by atoms with Gasteiger partial charge in [-0.15, -0.1) is 0 Å². The highest BCUT2D eigenvalue weighted by molar-refractivity contribution is 7.91. The molecule has 0 spiro atoms. The van der Waals surface area contributed by atoms with Crippen molar-refractivity contribution in [3.63, 3.8) is 0 Å². The Bertz CT molecular complexity index is 1020. The smallest absolute Gasteiger partial charge is 0.246 e. The normalized spacial score (nSPS) is 18.4. The largest absolute Gasteiger partial charge is 0.338 e. The van der Waals surface area contributed by atoms with Gasteiger partial charge in [-0.05, 0) is 43.9 Å². The molecule has 1 saturated heterocycles. The van der Waals surface area contributed by atoms with E-state index in [1.54, 1.807) is 18.0 Å². The van der Waals surface area contributed by atoms with E-state index in [9.17, 15) is 13.2 Å². The molecule has 0 radical (unpaired) electrons. The fourth-order valence-electron chi connectivity index (χ4n) is 3.72. The first-order valence-electron chi connectivity index (χ1n) is 9.97. The van der Waals surface area contributed by atoms with E-state index < -0.39 is 9.84 Å². The van der Waals surface area contributed by atoms with Crippen molar-refractivity contribution < 1.29 is 13.2 Å². The second-order valence-electron chi connectivity index (χ2n) is 7.77. The maximum atomic E-state index is 12.5. The lowest BCUT2D eigenvalue weighted by atomic mass is 10.1. The Labute approximate surface area is 173 Å². The zero-order valence-corrected chi connectivity index (χ0v) is 18.4. The Morgan fingerprint density at radius 1 is 1.28 bits per heavy atom. The number of aromatic nitrogens is 2. The van der Waals surface area contributed by atoms with Crippen LogP contribution >= 0.6 is 0 Å². The SMILES string of the molecule is CCc1ccc(/C=C/C(=O)N(C)Cc2c(C)nn([C@H]3CCS(=O)(=O)C3)c2C)cc1. The molecule has 29 heavy (non-hydrogen) atoms. The van der Waals surface area contributed by atoms with Gasteiger partial charge in [-0.2, -0.15) is 5.10 Å². The van der Waals surface area contributed by atoms with Gasteiger partial charge in [-0.3, -0.25) is 9.48 Å². The summed E-state index contributed by atoms with van der Waals surface area (Å²) in [5.41, 5.74) is 5.01. The van der Waals surface area contributed by atoms with Crippen LogP contribution in [0.1, 0.15) is 47.5 Å². The molecule has 1 aromatic heterocycles. The van der Waals surface area contributed by atoms with E-state index in [1.165, 1.54) is 5.56 Å². The van der Waals surface area contributed by atoms with Gasteiger partial charge in [0.15, 0.2) is 9.84 Å². The van der Waals surface area contributed by atoms with Crippen LogP contribution < -0.4 is 0 Å². The van der Waals surface area contributed by atoms with E-state index in [2.05, 4.69) is 24.2 Å². The van der Waals surface area contributed by atoms with Gasteiger partial charge in [-0.25, -0.2) is 8.42 Å². The van der Waals surface area contributed by atoms with Crippen molar-refractivity contribution in [2.24, 2.45) is 0 Å². The number of hydrogen-bond donors (Lipinski definition) is 0. The van der Waals surface area contributed by atoms with Gasteiger partial charge in [0.25, 0.3) is 0 Å². The van der Waals surface area contributed by atoms with E-state index in [0.29, 0.717) is 13.0 Å². The quantitative estimate of drug-likeness (QED) is 0.680. The summed E-state index contributed by atoms with van der Waals surface area (Å²) in [6.07, 6.45) is 4.99. The zero-order chi connectivity index (χ0) is 21.2. The van der Waals surface area contributed by atoms with Gasteiger partial charge in [-0.1, -0.05) is 31.2 Å². The van der Waals surface area contributed by atoms with E-state index in [0.717, 1.165) is 28.9 Å². The van der Waals surface area contributed by atoms with Gasteiger partial charge in [0, 0.05) is 30.9 Å². The number of rotatable bonds is 6. The molecule has 0 N–H and O–H groups in total. The Morgan fingerprint density at radius 3 is 2.55 bits per heavy atom. The third-order valence-corrected chi connectivity index (χ3v) is 7.36. The summed E-state index contributed by atoms with van der Waals surface area (Å²) in [4.78, 5) is 14.2. The predicted octanol–water partition coefficient (Wildman–Crippen LogP) is 3.09. The van der Waals surface area contributed by atoms with Crippen LogP contribution in [0.15, 0.2) is 30.3 Å². The number of likely N-dealkylation sites (N-methyl/N-ethyl adjacent to an activating group) is 1. The molecule has 1 aromatic carbocycles. The second kappa shape index (κ2) is 8.53. The average Bonchev–Trinajstić information content (AvgIpc) is 3.19. The minimum atomic E-state index is -2.97. The molecule has 7 heteroatoms. The monoisotopic (exact) mass is 415 g/mol. The number of hydrogen-bond acceptors (Lipinski definition) is 4. The molecular weight excluding hydrogens is 386 g/mol. The maximum Gasteiger partial charge on any atom is 0.246 e. The Morgan fingerprint density at radius 2 is 1.97 bits per heavy atom.